The maximum Gasteiger partial charge on any atom is 0.289 e. The van der Waals surface area contributed by atoms with Crippen LogP contribution in [0.1, 0.15) is 70.3 Å². The second kappa shape index (κ2) is 9.64. The molecule has 4 heterocycles. The van der Waals surface area contributed by atoms with Crippen LogP contribution in [0.15, 0.2) is 37.1 Å². The van der Waals surface area contributed by atoms with E-state index in [4.69, 9.17) is 10.8 Å². The Kier molecular flexibility index (Phi) is 6.31. The summed E-state index contributed by atoms with van der Waals surface area (Å²) < 4.78 is 44.2. The van der Waals surface area contributed by atoms with Gasteiger partial charge in [0, 0.05) is 51.2 Å². The van der Waals surface area contributed by atoms with Crippen LogP contribution in [0.4, 0.5) is 18.9 Å². The number of pyridine rings is 1. The van der Waals surface area contributed by atoms with Gasteiger partial charge >= 0.3 is 0 Å². The van der Waals surface area contributed by atoms with Crippen LogP contribution in [-0.4, -0.2) is 61.1 Å². The molecule has 2 aliphatic heterocycles. The van der Waals surface area contributed by atoms with E-state index in [1.54, 1.807) is 15.6 Å². The lowest BCUT2D eigenvalue weighted by atomic mass is 9.94. The highest BCUT2D eigenvalue weighted by atomic mass is 19.3. The van der Waals surface area contributed by atoms with E-state index in [0.29, 0.717) is 43.6 Å². The lowest BCUT2D eigenvalue weighted by molar-refractivity contribution is -0.126. The molecule has 12 heteroatoms. The molecule has 1 atom stereocenters. The topological polar surface area (TPSA) is 118 Å². The van der Waals surface area contributed by atoms with Crippen LogP contribution in [0, 0.1) is 5.82 Å². The summed E-state index contributed by atoms with van der Waals surface area (Å²) in [5.74, 6) is -5.48. The number of phenolic OH excluding ortho intramolecular Hbond substituents is 1. The maximum absolute atomic E-state index is 14.8. The number of phenols is 1. The number of aromatic hydroxyl groups is 1. The SMILES string of the molecule is C=CC(=O)N1CCc2nn(-c3ccc(C4CC4)cc3O)c3c2C(C1)N(C(=O)c1cnc(C(C)(F)F)c(F)c1N)CC3. The molecule has 9 nitrogen and oxygen atoms in total. The van der Waals surface area contributed by atoms with Gasteiger partial charge < -0.3 is 20.6 Å². The van der Waals surface area contributed by atoms with Crippen LogP contribution >= 0.6 is 0 Å². The molecule has 2 amide bonds. The van der Waals surface area contributed by atoms with Gasteiger partial charge in [-0.2, -0.15) is 13.9 Å². The van der Waals surface area contributed by atoms with Gasteiger partial charge in [0.15, 0.2) is 5.82 Å². The van der Waals surface area contributed by atoms with Crippen LogP contribution in [0.25, 0.3) is 5.69 Å². The maximum atomic E-state index is 14.8. The number of nitrogen functional groups attached to an aromatic ring is 1. The predicted molar refractivity (Wildman–Crippen MR) is 143 cm³/mol. The molecule has 1 aromatic carbocycles. The average molecular weight is 567 g/mol. The molecule has 1 fully saturated rings. The number of alkyl halides is 2. The smallest absolute Gasteiger partial charge is 0.289 e. The lowest BCUT2D eigenvalue weighted by Gasteiger charge is -2.38. The fourth-order valence-electron chi connectivity index (χ4n) is 5.89. The first-order chi connectivity index (χ1) is 19.5. The molecule has 2 aromatic heterocycles. The van der Waals surface area contributed by atoms with E-state index < -0.39 is 35.1 Å². The first-order valence-electron chi connectivity index (χ1n) is 13.5. The lowest BCUT2D eigenvalue weighted by Crippen LogP contribution is -2.46. The van der Waals surface area contributed by atoms with Gasteiger partial charge in [0.05, 0.1) is 28.7 Å². The zero-order valence-electron chi connectivity index (χ0n) is 22.4. The number of anilines is 1. The van der Waals surface area contributed by atoms with Crippen molar-refractivity contribution in [1.29, 1.82) is 0 Å². The first kappa shape index (κ1) is 26.9. The van der Waals surface area contributed by atoms with Gasteiger partial charge in [-0.25, -0.2) is 9.07 Å². The van der Waals surface area contributed by atoms with Crippen molar-refractivity contribution < 1.29 is 27.9 Å². The quantitative estimate of drug-likeness (QED) is 0.451. The van der Waals surface area contributed by atoms with Gasteiger partial charge in [-0.3, -0.25) is 14.6 Å². The van der Waals surface area contributed by atoms with Crippen LogP contribution in [0.5, 0.6) is 5.75 Å². The van der Waals surface area contributed by atoms with Crippen molar-refractivity contribution in [3.63, 3.8) is 0 Å². The molecule has 1 saturated carbocycles. The van der Waals surface area contributed by atoms with E-state index >= 15 is 0 Å². The molecule has 3 aromatic rings. The van der Waals surface area contributed by atoms with Gasteiger partial charge in [0.2, 0.25) is 5.91 Å². The number of carbonyl (C=O) groups excluding carboxylic acids is 2. The van der Waals surface area contributed by atoms with E-state index in [0.717, 1.165) is 35.9 Å². The number of carbonyl (C=O) groups is 2. The van der Waals surface area contributed by atoms with E-state index in [-0.39, 0.29) is 30.3 Å². The van der Waals surface area contributed by atoms with Crippen molar-refractivity contribution in [2.45, 2.75) is 50.5 Å². The highest BCUT2D eigenvalue weighted by Gasteiger charge is 2.41. The minimum atomic E-state index is -3.58. The molecule has 1 unspecified atom stereocenters. The van der Waals surface area contributed by atoms with Crippen LogP contribution in [-0.2, 0) is 23.6 Å². The summed E-state index contributed by atoms with van der Waals surface area (Å²) in [6.45, 7) is 4.64. The van der Waals surface area contributed by atoms with Gasteiger partial charge in [0.25, 0.3) is 11.8 Å². The molecular weight excluding hydrogens is 537 g/mol. The number of rotatable bonds is 5. The molecular formula is C29H29F3N6O3. The van der Waals surface area contributed by atoms with Crippen molar-refractivity contribution in [1.82, 2.24) is 24.6 Å². The number of nitrogens with two attached hydrogens (primary N) is 1. The summed E-state index contributed by atoms with van der Waals surface area (Å²) in [4.78, 5) is 33.0. The fraction of sp³-hybridized carbons (Fsp3) is 0.379. The van der Waals surface area contributed by atoms with Crippen molar-refractivity contribution in [3.05, 3.63) is 76.6 Å². The third-order valence-electron chi connectivity index (χ3n) is 8.14. The Balaban J connectivity index is 1.42. The third-order valence-corrected chi connectivity index (χ3v) is 8.14. The van der Waals surface area contributed by atoms with E-state index in [1.165, 1.54) is 11.0 Å². The van der Waals surface area contributed by atoms with Crippen LogP contribution in [0.3, 0.4) is 0 Å². The molecule has 214 valence electrons. The largest absolute Gasteiger partial charge is 0.506 e. The Labute approximate surface area is 234 Å². The first-order valence-corrected chi connectivity index (χ1v) is 13.5. The molecule has 0 radical (unpaired) electrons. The number of hydrogen-bond donors (Lipinski definition) is 2. The monoisotopic (exact) mass is 566 g/mol. The zero-order valence-corrected chi connectivity index (χ0v) is 22.4. The van der Waals surface area contributed by atoms with Crippen LogP contribution in [0.2, 0.25) is 0 Å². The Morgan fingerprint density at radius 2 is 1.98 bits per heavy atom. The Morgan fingerprint density at radius 1 is 1.22 bits per heavy atom. The molecule has 1 aliphatic carbocycles. The van der Waals surface area contributed by atoms with Crippen molar-refractivity contribution in [3.8, 4) is 11.4 Å². The Hall–Kier alpha value is -4.35. The highest BCUT2D eigenvalue weighted by Crippen LogP contribution is 2.43. The molecule has 41 heavy (non-hydrogen) atoms. The number of aromatic nitrogens is 3. The second-order valence-corrected chi connectivity index (χ2v) is 10.9. The standard InChI is InChI=1S/C29H29F3N6O3/c1-3-23(40)36-10-8-18-24-20(38(35-18)19-7-6-16(12-22(19)39)15-4-5-15)9-11-37(21(24)14-36)28(41)17-13-34-27(29(2,31)32)25(30)26(17)33/h3,6-7,12-13,15,21,39H,1,4-5,8-11,14H2,2H3,(H2,33,34). The Morgan fingerprint density at radius 3 is 2.63 bits per heavy atom. The third kappa shape index (κ3) is 4.51. The number of halogens is 3. The minimum absolute atomic E-state index is 0.101. The zero-order chi connectivity index (χ0) is 29.2. The summed E-state index contributed by atoms with van der Waals surface area (Å²) in [7, 11) is 0. The minimum Gasteiger partial charge on any atom is -0.506 e. The Bertz CT molecular complexity index is 1590. The average Bonchev–Trinajstić information content (AvgIpc) is 3.74. The van der Waals surface area contributed by atoms with Crippen molar-refractivity contribution in [2.24, 2.45) is 0 Å². The fourth-order valence-corrected chi connectivity index (χ4v) is 5.89. The van der Waals surface area contributed by atoms with Gasteiger partial charge in [-0.05, 0) is 42.5 Å². The summed E-state index contributed by atoms with van der Waals surface area (Å²) in [5.41, 5.74) is 7.44. The van der Waals surface area contributed by atoms with Crippen molar-refractivity contribution in [2.75, 3.05) is 25.4 Å². The van der Waals surface area contributed by atoms with Gasteiger partial charge in [-0.1, -0.05) is 12.6 Å². The number of benzene rings is 1. The normalized spacial score (nSPS) is 18.6. The van der Waals surface area contributed by atoms with Gasteiger partial charge in [-0.15, -0.1) is 0 Å². The van der Waals surface area contributed by atoms with E-state index in [1.807, 2.05) is 12.1 Å². The molecule has 0 spiro atoms. The second-order valence-electron chi connectivity index (χ2n) is 10.9. The molecule has 0 saturated heterocycles. The van der Waals surface area contributed by atoms with Crippen LogP contribution < -0.4 is 5.73 Å². The highest BCUT2D eigenvalue weighted by molar-refractivity contribution is 5.99. The van der Waals surface area contributed by atoms with Gasteiger partial charge in [0.1, 0.15) is 17.1 Å². The molecule has 0 bridgehead atoms. The summed E-state index contributed by atoms with van der Waals surface area (Å²) in [6.07, 6.45) is 4.99. The van der Waals surface area contributed by atoms with Crippen molar-refractivity contribution >= 4 is 17.5 Å². The van der Waals surface area contributed by atoms with E-state index in [9.17, 15) is 27.9 Å². The predicted octanol–water partition coefficient (Wildman–Crippen LogP) is 3.99. The molecule has 6 rings (SSSR count). The summed E-state index contributed by atoms with van der Waals surface area (Å²) >= 11 is 0. The summed E-state index contributed by atoms with van der Waals surface area (Å²) in [5, 5.41) is 15.7. The van der Waals surface area contributed by atoms with E-state index in [2.05, 4.69) is 11.6 Å². The number of amides is 2. The molecule has 3 N–H and O–H groups in total. The summed E-state index contributed by atoms with van der Waals surface area (Å²) in [6, 6.07) is 4.90. The number of nitrogens with zero attached hydrogens (tertiary/aromatic N) is 5. The number of hydrogen-bond acceptors (Lipinski definition) is 6. The molecule has 3 aliphatic rings.